The molecule has 9 heavy (non-hydrogen) atoms. The Labute approximate surface area is 52.7 Å². The first-order valence-corrected chi connectivity index (χ1v) is 2.60. The number of hydrogen-bond donors (Lipinski definition) is 0. The average Bonchev–Trinajstić information content (AvgIpc) is 1.88. The van der Waals surface area contributed by atoms with Gasteiger partial charge in [-0.15, -0.1) is 5.10 Å². The van der Waals surface area contributed by atoms with E-state index in [1.807, 2.05) is 6.92 Å². The second kappa shape index (κ2) is 2.53. The Morgan fingerprint density at radius 3 is 2.89 bits per heavy atom. The molecule has 0 aliphatic rings. The van der Waals surface area contributed by atoms with Crippen LogP contribution in [0.15, 0.2) is 12.3 Å². The van der Waals surface area contributed by atoms with Crippen molar-refractivity contribution in [3.63, 3.8) is 0 Å². The fourth-order valence-electron chi connectivity index (χ4n) is 0.512. The Morgan fingerprint density at radius 2 is 2.44 bits per heavy atom. The molecule has 1 radical (unpaired) electrons. The van der Waals surface area contributed by atoms with Crippen molar-refractivity contribution in [2.75, 3.05) is 0 Å². The molecular formula is C6H6FN2. The van der Waals surface area contributed by atoms with Crippen LogP contribution in [0.2, 0.25) is 0 Å². The second-order valence-corrected chi connectivity index (χ2v) is 1.60. The fourth-order valence-corrected chi connectivity index (χ4v) is 0.512. The Bertz CT molecular complexity index is 200. The Balaban J connectivity index is 2.94. The Morgan fingerprint density at radius 1 is 1.67 bits per heavy atom. The van der Waals surface area contributed by atoms with Crippen molar-refractivity contribution in [3.05, 3.63) is 30.2 Å². The molecule has 2 nitrogen and oxygen atoms in total. The predicted octanol–water partition coefficient (Wildman–Crippen LogP) is 1.19. The number of rotatable bonds is 1. The summed E-state index contributed by atoms with van der Waals surface area (Å²) >= 11 is 0. The second-order valence-electron chi connectivity index (χ2n) is 1.60. The van der Waals surface area contributed by atoms with Crippen LogP contribution in [0.25, 0.3) is 0 Å². The van der Waals surface area contributed by atoms with E-state index in [1.165, 1.54) is 12.3 Å². The summed E-state index contributed by atoms with van der Waals surface area (Å²) in [5.41, 5.74) is 0.752. The molecular weight excluding hydrogens is 119 g/mol. The normalized spacial score (nSPS) is 9.56. The third kappa shape index (κ3) is 1.45. The molecule has 0 saturated carbocycles. The van der Waals surface area contributed by atoms with E-state index in [0.29, 0.717) is 0 Å². The van der Waals surface area contributed by atoms with E-state index >= 15 is 0 Å². The van der Waals surface area contributed by atoms with Crippen molar-refractivity contribution in [3.8, 4) is 0 Å². The average molecular weight is 125 g/mol. The molecule has 1 heterocycles. The first kappa shape index (κ1) is 6.13. The zero-order valence-electron chi connectivity index (χ0n) is 5.00. The molecule has 1 aromatic rings. The highest BCUT2D eigenvalue weighted by molar-refractivity contribution is 5.14. The van der Waals surface area contributed by atoms with Crippen LogP contribution in [0, 0.1) is 12.4 Å². The largest absolute Gasteiger partial charge is 0.233 e. The molecule has 0 unspecified atom stereocenters. The molecule has 0 aliphatic heterocycles. The van der Waals surface area contributed by atoms with Gasteiger partial charge in [-0.05, 0) is 18.1 Å². The zero-order chi connectivity index (χ0) is 6.69. The summed E-state index contributed by atoms with van der Waals surface area (Å²) in [6.45, 7) is 1.82. The van der Waals surface area contributed by atoms with Gasteiger partial charge < -0.3 is 0 Å². The lowest BCUT2D eigenvalue weighted by molar-refractivity contribution is 0.561. The van der Waals surface area contributed by atoms with E-state index in [4.69, 9.17) is 0 Å². The van der Waals surface area contributed by atoms with Crippen molar-refractivity contribution in [2.24, 2.45) is 0 Å². The molecule has 47 valence electrons. The standard InChI is InChI=1S/C6H6FN2/c1-2-5-3-6(7)9-8-4-5/h2-4H,1H3. The van der Waals surface area contributed by atoms with Gasteiger partial charge in [0.05, 0.1) is 6.20 Å². The highest BCUT2D eigenvalue weighted by atomic mass is 19.1. The monoisotopic (exact) mass is 125 g/mol. The molecule has 0 fully saturated rings. The molecule has 0 N–H and O–H groups in total. The summed E-state index contributed by atoms with van der Waals surface area (Å²) in [5, 5.41) is 6.55. The fraction of sp³-hybridized carbons (Fsp3) is 0.167. The van der Waals surface area contributed by atoms with Gasteiger partial charge in [-0.25, -0.2) is 0 Å². The van der Waals surface area contributed by atoms with Crippen molar-refractivity contribution in [1.29, 1.82) is 0 Å². The smallest absolute Gasteiger partial charge is 0.183 e. The summed E-state index contributed by atoms with van der Waals surface area (Å²) in [5.74, 6) is -0.536. The van der Waals surface area contributed by atoms with Crippen molar-refractivity contribution in [1.82, 2.24) is 10.2 Å². The maximum absolute atomic E-state index is 12.2. The van der Waals surface area contributed by atoms with Gasteiger partial charge in [0, 0.05) is 0 Å². The van der Waals surface area contributed by atoms with Crippen molar-refractivity contribution in [2.45, 2.75) is 6.92 Å². The Kier molecular flexibility index (Phi) is 1.72. The third-order valence-electron chi connectivity index (χ3n) is 0.979. The summed E-state index contributed by atoms with van der Waals surface area (Å²) < 4.78 is 12.2. The van der Waals surface area contributed by atoms with Crippen LogP contribution < -0.4 is 0 Å². The predicted molar refractivity (Wildman–Crippen MR) is 31.1 cm³/mol. The molecule has 0 amide bonds. The number of aromatic nitrogens is 2. The van der Waals surface area contributed by atoms with Gasteiger partial charge in [0.25, 0.3) is 0 Å². The first-order chi connectivity index (χ1) is 4.33. The van der Waals surface area contributed by atoms with Crippen LogP contribution in [0.4, 0.5) is 4.39 Å². The number of hydrogen-bond acceptors (Lipinski definition) is 2. The maximum Gasteiger partial charge on any atom is 0.233 e. The molecule has 0 aliphatic carbocycles. The quantitative estimate of drug-likeness (QED) is 0.563. The maximum atomic E-state index is 12.2. The number of halogens is 1. The van der Waals surface area contributed by atoms with Crippen LogP contribution >= 0.6 is 0 Å². The van der Waals surface area contributed by atoms with Gasteiger partial charge >= 0.3 is 0 Å². The van der Waals surface area contributed by atoms with Crippen molar-refractivity contribution < 1.29 is 4.39 Å². The molecule has 1 rings (SSSR count). The lowest BCUT2D eigenvalue weighted by Crippen LogP contribution is -1.88. The van der Waals surface area contributed by atoms with E-state index < -0.39 is 5.95 Å². The topological polar surface area (TPSA) is 25.8 Å². The van der Waals surface area contributed by atoms with Gasteiger partial charge in [0.1, 0.15) is 0 Å². The summed E-state index contributed by atoms with van der Waals surface area (Å²) in [6.07, 6.45) is 3.26. The third-order valence-corrected chi connectivity index (χ3v) is 0.979. The van der Waals surface area contributed by atoms with E-state index in [1.54, 1.807) is 6.42 Å². The van der Waals surface area contributed by atoms with Crippen LogP contribution in [-0.4, -0.2) is 10.2 Å². The Hall–Kier alpha value is -0.990. The van der Waals surface area contributed by atoms with E-state index in [0.717, 1.165) is 5.56 Å². The zero-order valence-corrected chi connectivity index (χ0v) is 5.00. The summed E-state index contributed by atoms with van der Waals surface area (Å²) in [7, 11) is 0. The van der Waals surface area contributed by atoms with Crippen molar-refractivity contribution >= 4 is 0 Å². The molecule has 3 heteroatoms. The molecule has 0 spiro atoms. The van der Waals surface area contributed by atoms with Gasteiger partial charge in [-0.3, -0.25) is 0 Å². The highest BCUT2D eigenvalue weighted by Crippen LogP contribution is 1.98. The van der Waals surface area contributed by atoms with E-state index in [-0.39, 0.29) is 0 Å². The van der Waals surface area contributed by atoms with E-state index in [2.05, 4.69) is 10.2 Å². The molecule has 0 atom stereocenters. The van der Waals surface area contributed by atoms with Gasteiger partial charge in [0.2, 0.25) is 5.95 Å². The first-order valence-electron chi connectivity index (χ1n) is 2.60. The molecule has 1 aromatic heterocycles. The lowest BCUT2D eigenvalue weighted by Gasteiger charge is -1.90. The molecule has 0 aromatic carbocycles. The van der Waals surface area contributed by atoms with Gasteiger partial charge in [-0.2, -0.15) is 9.49 Å². The van der Waals surface area contributed by atoms with Gasteiger partial charge in [-0.1, -0.05) is 6.92 Å². The number of nitrogens with zero attached hydrogens (tertiary/aromatic N) is 2. The van der Waals surface area contributed by atoms with Crippen LogP contribution in [0.3, 0.4) is 0 Å². The minimum absolute atomic E-state index is 0.536. The van der Waals surface area contributed by atoms with Crippen LogP contribution in [0.5, 0.6) is 0 Å². The molecule has 0 bridgehead atoms. The highest BCUT2D eigenvalue weighted by Gasteiger charge is 1.92. The SMILES string of the molecule is C[CH]c1cnnc(F)c1. The van der Waals surface area contributed by atoms with Crippen LogP contribution in [0.1, 0.15) is 12.5 Å². The van der Waals surface area contributed by atoms with Gasteiger partial charge in [0.15, 0.2) is 0 Å². The summed E-state index contributed by atoms with van der Waals surface area (Å²) in [6, 6.07) is 1.33. The summed E-state index contributed by atoms with van der Waals surface area (Å²) in [4.78, 5) is 0. The lowest BCUT2D eigenvalue weighted by atomic mass is 10.2. The van der Waals surface area contributed by atoms with E-state index in [9.17, 15) is 4.39 Å². The van der Waals surface area contributed by atoms with Crippen LogP contribution in [-0.2, 0) is 0 Å². The minimum Gasteiger partial charge on any atom is -0.183 e. The molecule has 0 saturated heterocycles. The minimum atomic E-state index is -0.536.